The Bertz CT molecular complexity index is 1090. The van der Waals surface area contributed by atoms with E-state index in [1.165, 1.54) is 0 Å². The second kappa shape index (κ2) is 8.68. The van der Waals surface area contributed by atoms with Gasteiger partial charge in [0.05, 0.1) is 35.1 Å². The van der Waals surface area contributed by atoms with Gasteiger partial charge < -0.3 is 10.1 Å². The second-order valence-corrected chi connectivity index (χ2v) is 7.39. The maximum atomic E-state index is 12.7. The summed E-state index contributed by atoms with van der Waals surface area (Å²) in [4.78, 5) is 12.7. The highest BCUT2D eigenvalue weighted by molar-refractivity contribution is 6.42. The highest BCUT2D eigenvalue weighted by Gasteiger charge is 2.18. The summed E-state index contributed by atoms with van der Waals surface area (Å²) in [5, 5.41) is 11.9. The SMILES string of the molecule is C=C(C)c1ccc(NC(=O)c2nnn(Cc3ccc(Cl)c(Cl)c3)c2C)c(OC)c1. The lowest BCUT2D eigenvalue weighted by atomic mass is 10.1. The van der Waals surface area contributed by atoms with E-state index in [-0.39, 0.29) is 11.6 Å². The average molecular weight is 431 g/mol. The van der Waals surface area contributed by atoms with Crippen LogP contribution in [-0.4, -0.2) is 28.0 Å². The van der Waals surface area contributed by atoms with E-state index in [9.17, 15) is 4.79 Å². The molecule has 0 aliphatic rings. The Morgan fingerprint density at radius 1 is 1.21 bits per heavy atom. The zero-order valence-electron chi connectivity index (χ0n) is 16.3. The van der Waals surface area contributed by atoms with Gasteiger partial charge in [-0.05, 0) is 49.2 Å². The number of hydrogen-bond donors (Lipinski definition) is 1. The molecular weight excluding hydrogens is 411 g/mol. The molecule has 0 radical (unpaired) electrons. The van der Waals surface area contributed by atoms with Gasteiger partial charge in [0, 0.05) is 0 Å². The molecule has 1 amide bonds. The minimum atomic E-state index is -0.371. The maximum absolute atomic E-state index is 12.7. The van der Waals surface area contributed by atoms with Crippen LogP contribution in [0.25, 0.3) is 5.57 Å². The minimum Gasteiger partial charge on any atom is -0.495 e. The first-order valence-corrected chi connectivity index (χ1v) is 9.55. The fourth-order valence-corrected chi connectivity index (χ4v) is 3.09. The third-order valence-corrected chi connectivity index (χ3v) is 5.20. The monoisotopic (exact) mass is 430 g/mol. The van der Waals surface area contributed by atoms with Crippen LogP contribution in [0.5, 0.6) is 5.75 Å². The van der Waals surface area contributed by atoms with Crippen molar-refractivity contribution in [1.29, 1.82) is 0 Å². The number of carbonyl (C=O) groups excluding carboxylic acids is 1. The van der Waals surface area contributed by atoms with E-state index in [0.717, 1.165) is 16.7 Å². The van der Waals surface area contributed by atoms with E-state index in [2.05, 4.69) is 22.2 Å². The van der Waals surface area contributed by atoms with Crippen LogP contribution in [0.4, 0.5) is 5.69 Å². The Labute approximate surface area is 179 Å². The van der Waals surface area contributed by atoms with E-state index in [1.54, 1.807) is 36.9 Å². The van der Waals surface area contributed by atoms with Crippen LogP contribution in [0.1, 0.15) is 34.2 Å². The number of hydrogen-bond acceptors (Lipinski definition) is 4. The van der Waals surface area contributed by atoms with Crippen LogP contribution < -0.4 is 10.1 Å². The molecular formula is C21H20Cl2N4O2. The summed E-state index contributed by atoms with van der Waals surface area (Å²) in [6.45, 7) is 8.03. The van der Waals surface area contributed by atoms with Gasteiger partial charge in [0.2, 0.25) is 0 Å². The number of benzene rings is 2. The van der Waals surface area contributed by atoms with Gasteiger partial charge in [0.25, 0.3) is 5.91 Å². The first kappa shape index (κ1) is 20.9. The van der Waals surface area contributed by atoms with Crippen molar-refractivity contribution in [1.82, 2.24) is 15.0 Å². The summed E-state index contributed by atoms with van der Waals surface area (Å²) in [6, 6.07) is 10.8. The molecule has 0 bridgehead atoms. The summed E-state index contributed by atoms with van der Waals surface area (Å²) in [5.41, 5.74) is 4.14. The fraction of sp³-hybridized carbons (Fsp3) is 0.190. The molecule has 1 N–H and O–H groups in total. The first-order chi connectivity index (χ1) is 13.8. The lowest BCUT2D eigenvalue weighted by molar-refractivity contribution is 0.102. The molecule has 0 aliphatic carbocycles. The van der Waals surface area contributed by atoms with Crippen molar-refractivity contribution in [2.24, 2.45) is 0 Å². The number of anilines is 1. The summed E-state index contributed by atoms with van der Waals surface area (Å²) in [6.07, 6.45) is 0. The predicted molar refractivity (Wildman–Crippen MR) is 116 cm³/mol. The molecule has 0 fully saturated rings. The van der Waals surface area contributed by atoms with Crippen molar-refractivity contribution in [2.75, 3.05) is 12.4 Å². The molecule has 29 heavy (non-hydrogen) atoms. The van der Waals surface area contributed by atoms with Gasteiger partial charge in [-0.2, -0.15) is 0 Å². The average Bonchev–Trinajstić information content (AvgIpc) is 3.05. The number of allylic oxidation sites excluding steroid dienone is 1. The molecule has 1 aromatic heterocycles. The van der Waals surface area contributed by atoms with E-state index < -0.39 is 0 Å². The summed E-state index contributed by atoms with van der Waals surface area (Å²) in [5.74, 6) is 0.170. The zero-order chi connectivity index (χ0) is 21.1. The Morgan fingerprint density at radius 3 is 2.62 bits per heavy atom. The Hall–Kier alpha value is -2.83. The topological polar surface area (TPSA) is 69.0 Å². The van der Waals surface area contributed by atoms with Crippen molar-refractivity contribution in [3.8, 4) is 5.75 Å². The van der Waals surface area contributed by atoms with Crippen molar-refractivity contribution in [3.63, 3.8) is 0 Å². The van der Waals surface area contributed by atoms with E-state index >= 15 is 0 Å². The number of nitrogens with one attached hydrogen (secondary N) is 1. The van der Waals surface area contributed by atoms with Gasteiger partial charge in [-0.3, -0.25) is 4.79 Å². The number of carbonyl (C=O) groups is 1. The number of rotatable bonds is 6. The van der Waals surface area contributed by atoms with Gasteiger partial charge in [0.15, 0.2) is 5.69 Å². The third-order valence-electron chi connectivity index (χ3n) is 4.46. The lowest BCUT2D eigenvalue weighted by Gasteiger charge is -2.11. The smallest absolute Gasteiger partial charge is 0.278 e. The van der Waals surface area contributed by atoms with E-state index in [0.29, 0.717) is 33.7 Å². The van der Waals surface area contributed by atoms with Gasteiger partial charge in [-0.25, -0.2) is 4.68 Å². The molecule has 0 saturated heterocycles. The van der Waals surface area contributed by atoms with Gasteiger partial charge >= 0.3 is 0 Å². The first-order valence-electron chi connectivity index (χ1n) is 8.79. The van der Waals surface area contributed by atoms with Crippen LogP contribution in [-0.2, 0) is 6.54 Å². The van der Waals surface area contributed by atoms with Crippen LogP contribution in [0.3, 0.4) is 0 Å². The molecule has 2 aromatic carbocycles. The highest BCUT2D eigenvalue weighted by atomic mass is 35.5. The molecule has 0 aliphatic heterocycles. The predicted octanol–water partition coefficient (Wildman–Crippen LogP) is 5.24. The molecule has 0 spiro atoms. The Morgan fingerprint density at radius 2 is 1.97 bits per heavy atom. The third kappa shape index (κ3) is 4.60. The van der Waals surface area contributed by atoms with Gasteiger partial charge in [-0.1, -0.05) is 52.7 Å². The van der Waals surface area contributed by atoms with Gasteiger partial charge in [-0.15, -0.1) is 5.10 Å². The number of ether oxygens (including phenoxy) is 1. The van der Waals surface area contributed by atoms with Crippen molar-refractivity contribution in [3.05, 3.63) is 75.5 Å². The second-order valence-electron chi connectivity index (χ2n) is 6.58. The molecule has 6 nitrogen and oxygen atoms in total. The molecule has 0 saturated carbocycles. The molecule has 150 valence electrons. The van der Waals surface area contributed by atoms with E-state index in [1.807, 2.05) is 25.1 Å². The Balaban J connectivity index is 1.80. The molecule has 0 atom stereocenters. The summed E-state index contributed by atoms with van der Waals surface area (Å²) in [7, 11) is 1.55. The van der Waals surface area contributed by atoms with Crippen LogP contribution in [0, 0.1) is 6.92 Å². The van der Waals surface area contributed by atoms with E-state index in [4.69, 9.17) is 27.9 Å². The highest BCUT2D eigenvalue weighted by Crippen LogP contribution is 2.29. The van der Waals surface area contributed by atoms with Crippen molar-refractivity contribution in [2.45, 2.75) is 20.4 Å². The quantitative estimate of drug-likeness (QED) is 0.580. The molecule has 0 unspecified atom stereocenters. The summed E-state index contributed by atoms with van der Waals surface area (Å²) < 4.78 is 7.02. The number of halogens is 2. The maximum Gasteiger partial charge on any atom is 0.278 e. The number of methoxy groups -OCH3 is 1. The van der Waals surface area contributed by atoms with Crippen molar-refractivity contribution < 1.29 is 9.53 Å². The number of aromatic nitrogens is 3. The lowest BCUT2D eigenvalue weighted by Crippen LogP contribution is -2.15. The standard InChI is InChI=1S/C21H20Cl2N4O2/c1-12(2)15-6-8-18(19(10-15)29-4)24-21(28)20-13(3)27(26-25-20)11-14-5-7-16(22)17(23)9-14/h5-10H,1,11H2,2-4H3,(H,24,28). The fourth-order valence-electron chi connectivity index (χ4n) is 2.77. The van der Waals surface area contributed by atoms with Gasteiger partial charge in [0.1, 0.15) is 5.75 Å². The molecule has 3 aromatic rings. The Kier molecular flexibility index (Phi) is 6.25. The number of nitrogens with zero attached hydrogens (tertiary/aromatic N) is 3. The van der Waals surface area contributed by atoms with Crippen LogP contribution in [0.2, 0.25) is 10.0 Å². The molecule has 8 heteroatoms. The normalized spacial score (nSPS) is 10.7. The zero-order valence-corrected chi connectivity index (χ0v) is 17.8. The van der Waals surface area contributed by atoms with Crippen molar-refractivity contribution >= 4 is 40.4 Å². The summed E-state index contributed by atoms with van der Waals surface area (Å²) >= 11 is 12.0. The van der Waals surface area contributed by atoms with Crippen LogP contribution >= 0.6 is 23.2 Å². The van der Waals surface area contributed by atoms with Crippen LogP contribution in [0.15, 0.2) is 43.0 Å². The molecule has 1 heterocycles. The number of amides is 1. The largest absolute Gasteiger partial charge is 0.495 e. The molecule has 3 rings (SSSR count). The minimum absolute atomic E-state index is 0.232.